The fourth-order valence-electron chi connectivity index (χ4n) is 8.15. The monoisotopic (exact) mass is 757 g/mol. The molecule has 11 rings (SSSR count). The summed E-state index contributed by atoms with van der Waals surface area (Å²) in [6.07, 6.45) is 7.89. The Morgan fingerprint density at radius 1 is 0.407 bits per heavy atom. The first-order chi connectivity index (χ1) is 29.1. The van der Waals surface area contributed by atoms with E-state index in [1.54, 1.807) is 0 Å². The van der Waals surface area contributed by atoms with Crippen LogP contribution in [0.1, 0.15) is 11.1 Å². The Morgan fingerprint density at radius 3 is 1.54 bits per heavy atom. The molecule has 0 unspecified atom stereocenters. The fourth-order valence-corrected chi connectivity index (χ4v) is 8.15. The van der Waals surface area contributed by atoms with E-state index in [0.29, 0.717) is 17.5 Å². The van der Waals surface area contributed by atoms with Crippen LogP contribution in [0, 0.1) is 0 Å². The van der Waals surface area contributed by atoms with Gasteiger partial charge in [0.05, 0.1) is 22.2 Å². The van der Waals surface area contributed by atoms with Crippen molar-refractivity contribution in [1.29, 1.82) is 0 Å². The summed E-state index contributed by atoms with van der Waals surface area (Å²) in [7, 11) is 2.14. The Kier molecular flexibility index (Phi) is 8.29. The summed E-state index contributed by atoms with van der Waals surface area (Å²) in [5, 5.41) is 3.28. The van der Waals surface area contributed by atoms with Crippen molar-refractivity contribution in [3.63, 3.8) is 0 Å². The molecule has 1 aliphatic rings. The third-order valence-corrected chi connectivity index (χ3v) is 11.2. The van der Waals surface area contributed by atoms with Crippen molar-refractivity contribution in [2.45, 2.75) is 0 Å². The maximum Gasteiger partial charge on any atom is 0.164 e. The largest absolute Gasteiger partial charge is 0.368 e. The molecule has 0 atom stereocenters. The van der Waals surface area contributed by atoms with Gasteiger partial charge in [-0.05, 0) is 52.1 Å². The molecule has 6 aromatic carbocycles. The molecule has 1 aliphatic heterocycles. The smallest absolute Gasteiger partial charge is 0.164 e. The summed E-state index contributed by atoms with van der Waals surface area (Å²) in [6, 6.07) is 54.6. The van der Waals surface area contributed by atoms with E-state index in [1.165, 1.54) is 16.8 Å². The van der Waals surface area contributed by atoms with Gasteiger partial charge in [-0.25, -0.2) is 15.0 Å². The zero-order valence-corrected chi connectivity index (χ0v) is 32.2. The zero-order chi connectivity index (χ0) is 39.3. The minimum Gasteiger partial charge on any atom is -0.368 e. The van der Waals surface area contributed by atoms with Crippen molar-refractivity contribution in [2.75, 3.05) is 18.5 Å². The quantitative estimate of drug-likeness (QED) is 0.156. The molecular weight excluding hydrogens is 723 g/mol. The number of aromatic nitrogens is 6. The molecule has 59 heavy (non-hydrogen) atoms. The van der Waals surface area contributed by atoms with Crippen molar-refractivity contribution in [2.24, 2.45) is 0 Å². The second-order valence-corrected chi connectivity index (χ2v) is 14.9. The molecule has 0 saturated carbocycles. The normalized spacial score (nSPS) is 12.5. The minimum atomic E-state index is 0.607. The highest BCUT2D eigenvalue weighted by Gasteiger charge is 2.20. The molecule has 278 valence electrons. The Hall–Kier alpha value is -7.90. The van der Waals surface area contributed by atoms with Gasteiger partial charge in [0.25, 0.3) is 0 Å². The molecule has 5 heterocycles. The van der Waals surface area contributed by atoms with Gasteiger partial charge in [0.15, 0.2) is 17.5 Å². The van der Waals surface area contributed by atoms with Crippen LogP contribution >= 0.6 is 0 Å². The average molecular weight is 758 g/mol. The Labute approximate surface area is 341 Å². The Balaban J connectivity index is 0.949. The summed E-state index contributed by atoms with van der Waals surface area (Å²) in [6.45, 7) is 0.778. The first kappa shape index (κ1) is 34.4. The van der Waals surface area contributed by atoms with Crippen LogP contribution in [-0.2, 0) is 0 Å². The number of nitrogens with zero attached hydrogens (tertiary/aromatic N) is 7. The Bertz CT molecular complexity index is 3230. The molecule has 0 amide bonds. The van der Waals surface area contributed by atoms with E-state index in [4.69, 9.17) is 24.9 Å². The lowest BCUT2D eigenvalue weighted by molar-refractivity contribution is 1.03. The standard InChI is InChI=1S/C52H35N7/c1-59-32-45(30-43-26-18-38-10-6-28-54-48(38)49(43)59)36-15-23-41(24-16-36)52-57-50(39-19-11-34(12-20-39)33-7-3-2-4-8-33)56-51(58-52)40-21-13-35(14-22-40)44-29-42-25-17-37-9-5-27-53-46(37)47(42)55-31-44/h2-31H,32H2,1H3. The number of hydrogen-bond donors (Lipinski definition) is 0. The van der Waals surface area contributed by atoms with Gasteiger partial charge in [-0.3, -0.25) is 15.0 Å². The third kappa shape index (κ3) is 6.35. The molecule has 4 aromatic heterocycles. The second-order valence-electron chi connectivity index (χ2n) is 14.9. The summed E-state index contributed by atoms with van der Waals surface area (Å²) in [5.74, 6) is 1.84. The number of fused-ring (bicyclic) bond motifs is 6. The zero-order valence-electron chi connectivity index (χ0n) is 32.2. The van der Waals surface area contributed by atoms with Crippen LogP contribution in [0.2, 0.25) is 0 Å². The molecule has 0 N–H and O–H groups in total. The predicted octanol–water partition coefficient (Wildman–Crippen LogP) is 11.8. The molecule has 0 fully saturated rings. The summed E-state index contributed by atoms with van der Waals surface area (Å²) in [5.41, 5.74) is 14.7. The van der Waals surface area contributed by atoms with E-state index in [-0.39, 0.29) is 0 Å². The molecule has 0 aliphatic carbocycles. The van der Waals surface area contributed by atoms with Gasteiger partial charge in [0, 0.05) is 76.2 Å². The number of rotatable bonds is 6. The Morgan fingerprint density at radius 2 is 0.898 bits per heavy atom. The van der Waals surface area contributed by atoms with Crippen LogP contribution in [0.25, 0.3) is 101 Å². The minimum absolute atomic E-state index is 0.607. The number of benzene rings is 6. The lowest BCUT2D eigenvalue weighted by Crippen LogP contribution is -2.24. The van der Waals surface area contributed by atoms with Gasteiger partial charge in [-0.2, -0.15) is 0 Å². The molecule has 0 spiro atoms. The highest BCUT2D eigenvalue weighted by molar-refractivity contribution is 6.04. The number of pyridine rings is 3. The van der Waals surface area contributed by atoms with Gasteiger partial charge < -0.3 is 4.90 Å². The third-order valence-electron chi connectivity index (χ3n) is 11.2. The number of hydrogen-bond acceptors (Lipinski definition) is 7. The molecular formula is C52H35N7. The van der Waals surface area contributed by atoms with E-state index in [0.717, 1.165) is 83.8 Å². The van der Waals surface area contributed by atoms with Crippen molar-refractivity contribution in [1.82, 2.24) is 29.9 Å². The van der Waals surface area contributed by atoms with Crippen molar-refractivity contribution in [3.05, 3.63) is 187 Å². The fraction of sp³-hybridized carbons (Fsp3) is 0.0385. The highest BCUT2D eigenvalue weighted by atomic mass is 15.1. The molecule has 7 nitrogen and oxygen atoms in total. The molecule has 0 saturated heterocycles. The van der Waals surface area contributed by atoms with E-state index in [2.05, 4.69) is 163 Å². The van der Waals surface area contributed by atoms with E-state index in [9.17, 15) is 0 Å². The average Bonchev–Trinajstić information content (AvgIpc) is 3.31. The predicted molar refractivity (Wildman–Crippen MR) is 240 cm³/mol. The van der Waals surface area contributed by atoms with Gasteiger partial charge in [0.2, 0.25) is 0 Å². The van der Waals surface area contributed by atoms with Gasteiger partial charge in [-0.1, -0.05) is 140 Å². The SMILES string of the molecule is CN1CC(c2ccc(-c3nc(-c4ccc(-c5ccccc5)cc4)nc(-c4ccc(-c5cnc6c(ccc7cccnc76)c5)cc4)n3)cc2)=Cc2ccc3cccnc3c21. The molecule has 7 heteroatoms. The van der Waals surface area contributed by atoms with Crippen LogP contribution in [0.5, 0.6) is 0 Å². The van der Waals surface area contributed by atoms with Crippen molar-refractivity contribution in [3.8, 4) is 56.4 Å². The van der Waals surface area contributed by atoms with E-state index < -0.39 is 0 Å². The van der Waals surface area contributed by atoms with Gasteiger partial charge in [-0.15, -0.1) is 0 Å². The summed E-state index contributed by atoms with van der Waals surface area (Å²) < 4.78 is 0. The second kappa shape index (κ2) is 14.2. The van der Waals surface area contributed by atoms with Gasteiger partial charge >= 0.3 is 0 Å². The van der Waals surface area contributed by atoms with Gasteiger partial charge in [0.1, 0.15) is 0 Å². The summed E-state index contributed by atoms with van der Waals surface area (Å²) >= 11 is 0. The van der Waals surface area contributed by atoms with Crippen LogP contribution in [0.15, 0.2) is 176 Å². The number of likely N-dealkylation sites (N-methyl/N-ethyl adjacent to an activating group) is 1. The van der Waals surface area contributed by atoms with Crippen LogP contribution in [0.4, 0.5) is 5.69 Å². The molecule has 0 bridgehead atoms. The lowest BCUT2D eigenvalue weighted by atomic mass is 9.95. The van der Waals surface area contributed by atoms with Crippen LogP contribution in [-0.4, -0.2) is 43.5 Å². The maximum atomic E-state index is 5.08. The molecule has 0 radical (unpaired) electrons. The number of anilines is 1. The highest BCUT2D eigenvalue weighted by Crippen LogP contribution is 2.37. The topological polar surface area (TPSA) is 80.6 Å². The first-order valence-corrected chi connectivity index (χ1v) is 19.7. The maximum absolute atomic E-state index is 5.08. The summed E-state index contributed by atoms with van der Waals surface area (Å²) in [4.78, 5) is 31.6. The van der Waals surface area contributed by atoms with Crippen molar-refractivity contribution < 1.29 is 0 Å². The molecule has 10 aromatic rings. The van der Waals surface area contributed by atoms with Crippen LogP contribution < -0.4 is 4.90 Å². The van der Waals surface area contributed by atoms with E-state index >= 15 is 0 Å². The van der Waals surface area contributed by atoms with E-state index in [1.807, 2.05) is 36.8 Å². The lowest BCUT2D eigenvalue weighted by Gasteiger charge is -2.29. The van der Waals surface area contributed by atoms with Crippen molar-refractivity contribution >= 4 is 50.0 Å². The first-order valence-electron chi connectivity index (χ1n) is 19.7. The van der Waals surface area contributed by atoms with Crippen LogP contribution in [0.3, 0.4) is 0 Å².